The quantitative estimate of drug-likeness (QED) is 0.173. The summed E-state index contributed by atoms with van der Waals surface area (Å²) < 4.78 is 9.20. The largest absolute Gasteiger partial charge is 0.456 e. The molecule has 2 heterocycles. The van der Waals surface area contributed by atoms with Crippen molar-refractivity contribution in [3.63, 3.8) is 0 Å². The Morgan fingerprint density at radius 3 is 1.70 bits per heavy atom. The van der Waals surface area contributed by atoms with Crippen LogP contribution in [-0.2, 0) is 0 Å². The predicted octanol–water partition coefficient (Wildman–Crippen LogP) is 14.4. The minimum atomic E-state index is 0.905. The van der Waals surface area contributed by atoms with E-state index in [0.717, 1.165) is 21.9 Å². The Morgan fingerprint density at radius 1 is 0.340 bits per heavy atom. The summed E-state index contributed by atoms with van der Waals surface area (Å²) in [5.74, 6) is 0. The smallest absolute Gasteiger partial charge is 0.136 e. The number of fused-ring (bicyclic) bond motifs is 9. The minimum absolute atomic E-state index is 0.905. The average Bonchev–Trinajstić information content (AvgIpc) is 3.74. The van der Waals surface area contributed by atoms with E-state index in [9.17, 15) is 0 Å². The van der Waals surface area contributed by atoms with E-state index in [1.54, 1.807) is 0 Å². The molecular formula is C48H28OS. The molecule has 0 fully saturated rings. The monoisotopic (exact) mass is 652 g/mol. The molecule has 50 heavy (non-hydrogen) atoms. The standard InChI is InChI=1S/C48H28OS/c1-2-11-30-26-32(21-20-29(30)10-1)46-37-13-3-5-15-39(37)47(40-16-6-4-14-38(40)46)33-23-25-43-42(27-33)35-24-22-31(28-44(35)49-43)34-17-9-18-41-36-12-7-8-19-45(36)50-48(34)41/h1-28H. The first-order chi connectivity index (χ1) is 24.8. The van der Waals surface area contributed by atoms with Gasteiger partial charge in [0.2, 0.25) is 0 Å². The second kappa shape index (κ2) is 10.6. The highest BCUT2D eigenvalue weighted by molar-refractivity contribution is 7.26. The van der Waals surface area contributed by atoms with Gasteiger partial charge in [-0.05, 0) is 102 Å². The highest BCUT2D eigenvalue weighted by Crippen LogP contribution is 2.46. The summed E-state index contributed by atoms with van der Waals surface area (Å²) in [5, 5.41) is 12.4. The molecule has 232 valence electrons. The van der Waals surface area contributed by atoms with Crippen molar-refractivity contribution in [1.82, 2.24) is 0 Å². The molecule has 0 radical (unpaired) electrons. The molecule has 11 rings (SSSR count). The molecule has 0 aliphatic carbocycles. The molecule has 0 atom stereocenters. The van der Waals surface area contributed by atoms with E-state index in [0.29, 0.717) is 0 Å². The molecule has 9 aromatic carbocycles. The number of furan rings is 1. The fraction of sp³-hybridized carbons (Fsp3) is 0. The number of hydrogen-bond acceptors (Lipinski definition) is 2. The van der Waals surface area contributed by atoms with Gasteiger partial charge in [0.15, 0.2) is 0 Å². The second-order valence-electron chi connectivity index (χ2n) is 13.2. The topological polar surface area (TPSA) is 13.1 Å². The van der Waals surface area contributed by atoms with Crippen LogP contribution in [0, 0.1) is 0 Å². The molecule has 0 unspecified atom stereocenters. The molecule has 0 saturated carbocycles. The zero-order valence-electron chi connectivity index (χ0n) is 27.0. The van der Waals surface area contributed by atoms with E-state index in [4.69, 9.17) is 4.42 Å². The van der Waals surface area contributed by atoms with E-state index < -0.39 is 0 Å². The first-order valence-corrected chi connectivity index (χ1v) is 17.9. The van der Waals surface area contributed by atoms with Crippen molar-refractivity contribution in [1.29, 1.82) is 0 Å². The van der Waals surface area contributed by atoms with Gasteiger partial charge >= 0.3 is 0 Å². The Balaban J connectivity index is 1.11. The van der Waals surface area contributed by atoms with Crippen molar-refractivity contribution in [2.45, 2.75) is 0 Å². The summed E-state index contributed by atoms with van der Waals surface area (Å²) in [5.41, 5.74) is 9.20. The normalized spacial score (nSPS) is 12.0. The van der Waals surface area contributed by atoms with Gasteiger partial charge in [-0.1, -0.05) is 133 Å². The molecule has 0 N–H and O–H groups in total. The predicted molar refractivity (Wildman–Crippen MR) is 215 cm³/mol. The van der Waals surface area contributed by atoms with Crippen LogP contribution in [0.2, 0.25) is 0 Å². The fourth-order valence-corrected chi connectivity index (χ4v) is 9.41. The maximum absolute atomic E-state index is 6.57. The van der Waals surface area contributed by atoms with Gasteiger partial charge in [-0.3, -0.25) is 0 Å². The third kappa shape index (κ3) is 4.06. The first kappa shape index (κ1) is 27.7. The molecule has 2 heteroatoms. The lowest BCUT2D eigenvalue weighted by Gasteiger charge is -2.18. The van der Waals surface area contributed by atoms with Gasteiger partial charge in [0.1, 0.15) is 11.2 Å². The molecular weight excluding hydrogens is 625 g/mol. The zero-order chi connectivity index (χ0) is 32.8. The lowest BCUT2D eigenvalue weighted by atomic mass is 9.85. The van der Waals surface area contributed by atoms with E-state index >= 15 is 0 Å². The lowest BCUT2D eigenvalue weighted by molar-refractivity contribution is 0.669. The minimum Gasteiger partial charge on any atom is -0.456 e. The highest BCUT2D eigenvalue weighted by Gasteiger charge is 2.19. The van der Waals surface area contributed by atoms with E-state index in [2.05, 4.69) is 170 Å². The number of benzene rings is 9. The van der Waals surface area contributed by atoms with Gasteiger partial charge in [0.25, 0.3) is 0 Å². The van der Waals surface area contributed by atoms with E-state index in [-0.39, 0.29) is 0 Å². The molecule has 0 aliphatic rings. The second-order valence-corrected chi connectivity index (χ2v) is 14.3. The van der Waals surface area contributed by atoms with Gasteiger partial charge in [-0.15, -0.1) is 11.3 Å². The van der Waals surface area contributed by atoms with Crippen LogP contribution in [0.5, 0.6) is 0 Å². The third-order valence-electron chi connectivity index (χ3n) is 10.4. The molecule has 11 aromatic rings. The van der Waals surface area contributed by atoms with Gasteiger partial charge in [0.05, 0.1) is 0 Å². The zero-order valence-corrected chi connectivity index (χ0v) is 27.8. The summed E-state index contributed by atoms with van der Waals surface area (Å²) in [6, 6.07) is 62.0. The Labute approximate surface area is 292 Å². The number of thiophene rings is 1. The average molecular weight is 653 g/mol. The van der Waals surface area contributed by atoms with Gasteiger partial charge < -0.3 is 4.42 Å². The van der Waals surface area contributed by atoms with Crippen molar-refractivity contribution >= 4 is 85.8 Å². The number of hydrogen-bond donors (Lipinski definition) is 0. The van der Waals surface area contributed by atoms with Gasteiger partial charge in [-0.25, -0.2) is 0 Å². The summed E-state index contributed by atoms with van der Waals surface area (Å²) in [7, 11) is 0. The SMILES string of the molecule is c1ccc2cc(-c3c4ccccc4c(-c4ccc5oc6cc(-c7cccc8c7sc7ccccc78)ccc6c5c4)c4ccccc34)ccc2c1. The van der Waals surface area contributed by atoms with Crippen molar-refractivity contribution in [2.24, 2.45) is 0 Å². The Kier molecular flexibility index (Phi) is 5.89. The third-order valence-corrected chi connectivity index (χ3v) is 11.7. The highest BCUT2D eigenvalue weighted by atomic mass is 32.1. The molecule has 1 nitrogen and oxygen atoms in total. The van der Waals surface area contributed by atoms with Gasteiger partial charge in [-0.2, -0.15) is 0 Å². The Hall–Kier alpha value is -6.22. The van der Waals surface area contributed by atoms with Crippen molar-refractivity contribution < 1.29 is 4.42 Å². The maximum Gasteiger partial charge on any atom is 0.136 e. The van der Waals surface area contributed by atoms with Crippen LogP contribution in [0.1, 0.15) is 0 Å². The molecule has 0 aliphatic heterocycles. The molecule has 0 bridgehead atoms. The molecule has 0 spiro atoms. The van der Waals surface area contributed by atoms with Gasteiger partial charge in [0, 0.05) is 30.9 Å². The van der Waals surface area contributed by atoms with Crippen LogP contribution >= 0.6 is 11.3 Å². The van der Waals surface area contributed by atoms with Crippen LogP contribution in [0.3, 0.4) is 0 Å². The van der Waals surface area contributed by atoms with Crippen molar-refractivity contribution in [2.75, 3.05) is 0 Å². The van der Waals surface area contributed by atoms with E-state index in [1.165, 1.54) is 85.9 Å². The molecule has 2 aromatic heterocycles. The fourth-order valence-electron chi connectivity index (χ4n) is 8.17. The van der Waals surface area contributed by atoms with Crippen molar-refractivity contribution in [3.05, 3.63) is 170 Å². The summed E-state index contributed by atoms with van der Waals surface area (Å²) >= 11 is 1.86. The summed E-state index contributed by atoms with van der Waals surface area (Å²) in [6.45, 7) is 0. The van der Waals surface area contributed by atoms with Crippen LogP contribution in [0.25, 0.3) is 108 Å². The molecule has 0 saturated heterocycles. The summed E-state index contributed by atoms with van der Waals surface area (Å²) in [4.78, 5) is 0. The van der Waals surface area contributed by atoms with Crippen LogP contribution < -0.4 is 0 Å². The maximum atomic E-state index is 6.57. The summed E-state index contributed by atoms with van der Waals surface area (Å²) in [6.07, 6.45) is 0. The van der Waals surface area contributed by atoms with Crippen LogP contribution in [-0.4, -0.2) is 0 Å². The molecule has 0 amide bonds. The van der Waals surface area contributed by atoms with E-state index in [1.807, 2.05) is 11.3 Å². The Morgan fingerprint density at radius 2 is 0.940 bits per heavy atom. The van der Waals surface area contributed by atoms with Crippen molar-refractivity contribution in [3.8, 4) is 33.4 Å². The Bertz CT molecular complexity index is 3100. The number of rotatable bonds is 3. The lowest BCUT2D eigenvalue weighted by Crippen LogP contribution is -1.91. The van der Waals surface area contributed by atoms with Crippen LogP contribution in [0.15, 0.2) is 174 Å². The first-order valence-electron chi connectivity index (χ1n) is 17.1. The van der Waals surface area contributed by atoms with Crippen LogP contribution in [0.4, 0.5) is 0 Å².